The van der Waals surface area contributed by atoms with Crippen LogP contribution in [0.4, 0.5) is 5.95 Å². The molecule has 1 aromatic carbocycles. The molecule has 0 bridgehead atoms. The molecule has 3 rings (SSSR count). The van der Waals surface area contributed by atoms with Gasteiger partial charge in [-0.2, -0.15) is 9.97 Å². The van der Waals surface area contributed by atoms with Crippen LogP contribution < -0.4 is 4.90 Å². The third-order valence-electron chi connectivity index (χ3n) is 4.42. The van der Waals surface area contributed by atoms with E-state index in [-0.39, 0.29) is 12.4 Å². The molecule has 29 heavy (non-hydrogen) atoms. The van der Waals surface area contributed by atoms with Crippen LogP contribution in [0.2, 0.25) is 0 Å². The van der Waals surface area contributed by atoms with Gasteiger partial charge in [-0.05, 0) is 0 Å². The van der Waals surface area contributed by atoms with Crippen molar-refractivity contribution >= 4 is 75.6 Å². The maximum Gasteiger partial charge on any atom is 0.250 e. The van der Waals surface area contributed by atoms with Gasteiger partial charge in [0, 0.05) is 43.9 Å². The van der Waals surface area contributed by atoms with Crippen LogP contribution in [-0.2, 0) is 7.59 Å². The molecule has 1 aromatic heterocycles. The molecule has 12 heteroatoms. The first-order chi connectivity index (χ1) is 13.6. The molecule has 1 saturated heterocycles. The molecule has 1 aliphatic heterocycles. The fourth-order valence-corrected chi connectivity index (χ4v) is 3.51. The van der Waals surface area contributed by atoms with E-state index < -0.39 is 7.59 Å². The van der Waals surface area contributed by atoms with E-state index in [1.807, 2.05) is 4.90 Å². The highest BCUT2D eigenvalue weighted by atomic mass is 35.6. The highest BCUT2D eigenvalue weighted by molar-refractivity contribution is 6.67. The van der Waals surface area contributed by atoms with Crippen molar-refractivity contribution in [2.45, 2.75) is 7.59 Å². The summed E-state index contributed by atoms with van der Waals surface area (Å²) in [5.41, 5.74) is 1.18. The van der Waals surface area contributed by atoms with Crippen LogP contribution in [0.3, 0.4) is 0 Å². The number of β-amino-alcohol motifs (C(OH)–C–C–N with tert-alkyl or cyclic N) is 1. The summed E-state index contributed by atoms with van der Waals surface area (Å²) < 4.78 is -3.33. The lowest BCUT2D eigenvalue weighted by Crippen LogP contribution is -2.48. The number of anilines is 1. The van der Waals surface area contributed by atoms with Crippen LogP contribution in [0.5, 0.6) is 0 Å². The highest BCUT2D eigenvalue weighted by Gasteiger charge is 2.30. The topological polar surface area (TPSA) is 65.4 Å². The van der Waals surface area contributed by atoms with Crippen molar-refractivity contribution in [3.63, 3.8) is 0 Å². The first kappa shape index (κ1) is 23.4. The first-order valence-corrected chi connectivity index (χ1v) is 10.9. The predicted octanol–water partition coefficient (Wildman–Crippen LogP) is 4.31. The van der Waals surface area contributed by atoms with Crippen molar-refractivity contribution < 1.29 is 5.11 Å². The van der Waals surface area contributed by atoms with Crippen molar-refractivity contribution in [2.24, 2.45) is 0 Å². The molecule has 0 aliphatic carbocycles. The molecule has 0 radical (unpaired) electrons. The number of alkyl halides is 6. The van der Waals surface area contributed by atoms with Gasteiger partial charge >= 0.3 is 0 Å². The molecule has 1 N–H and O–H groups in total. The number of aromatic nitrogens is 3. The molecular formula is C17H17Cl6N5O. The van der Waals surface area contributed by atoms with Crippen molar-refractivity contribution in [1.29, 1.82) is 0 Å². The van der Waals surface area contributed by atoms with Crippen LogP contribution in [0.1, 0.15) is 11.4 Å². The molecule has 0 unspecified atom stereocenters. The Morgan fingerprint density at radius 3 is 1.97 bits per heavy atom. The Balaban J connectivity index is 1.93. The van der Waals surface area contributed by atoms with Gasteiger partial charge in [0.1, 0.15) is 0 Å². The fraction of sp³-hybridized carbons (Fsp3) is 0.471. The molecule has 0 saturated carbocycles. The molecule has 158 valence electrons. The van der Waals surface area contributed by atoms with Crippen molar-refractivity contribution in [1.82, 2.24) is 19.9 Å². The monoisotopic (exact) mass is 517 g/mol. The number of halogens is 6. The second-order valence-electron chi connectivity index (χ2n) is 6.41. The highest BCUT2D eigenvalue weighted by Crippen LogP contribution is 2.39. The number of rotatable bonds is 4. The van der Waals surface area contributed by atoms with Gasteiger partial charge in [0.05, 0.1) is 6.61 Å². The Morgan fingerprint density at radius 2 is 1.45 bits per heavy atom. The van der Waals surface area contributed by atoms with Gasteiger partial charge in [-0.25, -0.2) is 4.98 Å². The zero-order valence-corrected chi connectivity index (χ0v) is 19.5. The van der Waals surface area contributed by atoms with E-state index in [1.165, 1.54) is 0 Å². The average Bonchev–Trinajstić information content (AvgIpc) is 2.67. The van der Waals surface area contributed by atoms with Gasteiger partial charge in [-0.3, -0.25) is 4.90 Å². The van der Waals surface area contributed by atoms with Crippen LogP contribution in [0.25, 0.3) is 11.4 Å². The average molecular weight is 520 g/mol. The summed E-state index contributed by atoms with van der Waals surface area (Å²) in [4.78, 5) is 17.4. The van der Waals surface area contributed by atoms with Crippen LogP contribution >= 0.6 is 69.6 Å². The third-order valence-corrected chi connectivity index (χ3v) is 5.58. The summed E-state index contributed by atoms with van der Waals surface area (Å²) in [6, 6.07) is 6.82. The molecule has 0 amide bonds. The number of aliphatic hydroxyl groups is 1. The molecule has 6 nitrogen and oxygen atoms in total. The third kappa shape index (κ3) is 6.11. The standard InChI is InChI=1S/C17H17Cl6N5O/c18-16(19,20)12-3-1-11(2-4-12)13-24-14(17(21,22)23)26-15(25-13)28-7-5-27(6-8-28)9-10-29/h1-4,29H,5-10H2. The van der Waals surface area contributed by atoms with Gasteiger partial charge in [0.2, 0.25) is 13.5 Å². The minimum absolute atomic E-state index is 0.0331. The zero-order valence-electron chi connectivity index (χ0n) is 15.0. The van der Waals surface area contributed by atoms with Crippen molar-refractivity contribution in [2.75, 3.05) is 44.2 Å². The van der Waals surface area contributed by atoms with E-state index in [0.717, 1.165) is 13.1 Å². The zero-order chi connectivity index (χ0) is 21.2. The molecule has 2 aromatic rings. The maximum absolute atomic E-state index is 9.10. The van der Waals surface area contributed by atoms with Crippen LogP contribution in [-0.4, -0.2) is 64.3 Å². The lowest BCUT2D eigenvalue weighted by Gasteiger charge is -2.34. The number of aliphatic hydroxyl groups excluding tert-OH is 1. The van der Waals surface area contributed by atoms with Gasteiger partial charge in [0.25, 0.3) is 0 Å². The van der Waals surface area contributed by atoms with Crippen LogP contribution in [0.15, 0.2) is 24.3 Å². The van der Waals surface area contributed by atoms with Gasteiger partial charge in [-0.1, -0.05) is 93.9 Å². The Hall–Kier alpha value is -0.310. The van der Waals surface area contributed by atoms with E-state index in [1.54, 1.807) is 24.3 Å². The number of hydrogen-bond acceptors (Lipinski definition) is 6. The van der Waals surface area contributed by atoms with Gasteiger partial charge in [0.15, 0.2) is 11.6 Å². The van der Waals surface area contributed by atoms with Crippen molar-refractivity contribution in [3.05, 3.63) is 35.7 Å². The Bertz CT molecular complexity index is 832. The van der Waals surface area contributed by atoms with E-state index in [2.05, 4.69) is 19.9 Å². The summed E-state index contributed by atoms with van der Waals surface area (Å²) in [7, 11) is 0. The number of nitrogens with zero attached hydrogens (tertiary/aromatic N) is 5. The Morgan fingerprint density at radius 1 is 0.828 bits per heavy atom. The van der Waals surface area contributed by atoms with Crippen LogP contribution in [0, 0.1) is 0 Å². The normalized spacial score (nSPS) is 16.3. The van der Waals surface area contributed by atoms with Gasteiger partial charge in [-0.15, -0.1) is 0 Å². The molecule has 1 aliphatic rings. The summed E-state index contributed by atoms with van der Waals surface area (Å²) in [6.07, 6.45) is 0. The van der Waals surface area contributed by atoms with E-state index in [0.29, 0.717) is 42.5 Å². The molecule has 2 heterocycles. The smallest absolute Gasteiger partial charge is 0.250 e. The summed E-state index contributed by atoms with van der Waals surface area (Å²) in [6.45, 7) is 3.64. The molecular weight excluding hydrogens is 503 g/mol. The largest absolute Gasteiger partial charge is 0.395 e. The SMILES string of the molecule is OCCN1CCN(c2nc(-c3ccc(C(Cl)(Cl)Cl)cc3)nc(C(Cl)(Cl)Cl)n2)CC1. The number of benzene rings is 1. The predicted molar refractivity (Wildman–Crippen MR) is 119 cm³/mol. The summed E-state index contributed by atoms with van der Waals surface area (Å²) in [5, 5.41) is 9.10. The molecule has 1 fully saturated rings. The van der Waals surface area contributed by atoms with Crippen molar-refractivity contribution in [3.8, 4) is 11.4 Å². The second kappa shape index (κ2) is 9.45. The minimum Gasteiger partial charge on any atom is -0.395 e. The second-order valence-corrected chi connectivity index (χ2v) is 11.0. The lowest BCUT2D eigenvalue weighted by atomic mass is 10.1. The summed E-state index contributed by atoms with van der Waals surface area (Å²) >= 11 is 35.9. The molecule has 0 spiro atoms. The maximum atomic E-state index is 9.10. The molecule has 0 atom stereocenters. The van der Waals surface area contributed by atoms with E-state index in [9.17, 15) is 0 Å². The summed E-state index contributed by atoms with van der Waals surface area (Å²) in [5.74, 6) is 0.807. The Kier molecular flexibility index (Phi) is 7.61. The minimum atomic E-state index is -1.80. The fourth-order valence-electron chi connectivity index (χ4n) is 2.88. The number of hydrogen-bond donors (Lipinski definition) is 1. The number of piperazine rings is 1. The first-order valence-electron chi connectivity index (χ1n) is 8.67. The van der Waals surface area contributed by atoms with E-state index in [4.69, 9.17) is 74.7 Å². The Labute approximate surface area is 198 Å². The lowest BCUT2D eigenvalue weighted by molar-refractivity contribution is 0.188. The quantitative estimate of drug-likeness (QED) is 0.607. The van der Waals surface area contributed by atoms with E-state index >= 15 is 0 Å². The van der Waals surface area contributed by atoms with Gasteiger partial charge < -0.3 is 10.0 Å².